The van der Waals surface area contributed by atoms with Crippen LogP contribution in [0.2, 0.25) is 0 Å². The Labute approximate surface area is 119 Å². The van der Waals surface area contributed by atoms with Gasteiger partial charge in [-0.3, -0.25) is 0 Å². The predicted octanol–water partition coefficient (Wildman–Crippen LogP) is 2.34. The molecular weight excluding hydrogens is 252 g/mol. The largest absolute Gasteiger partial charge is 0.392 e. The number of pyridine rings is 1. The monoisotopic (exact) mass is 272 g/mol. The van der Waals surface area contributed by atoms with Crippen LogP contribution in [0, 0.1) is 0 Å². The van der Waals surface area contributed by atoms with Gasteiger partial charge in [0.25, 0.3) is 0 Å². The van der Waals surface area contributed by atoms with Crippen LogP contribution in [0.25, 0.3) is 10.8 Å². The third kappa shape index (κ3) is 2.49. The first kappa shape index (κ1) is 13.3. The number of anilines is 1. The average molecular weight is 272 g/mol. The molecule has 106 valence electrons. The van der Waals surface area contributed by atoms with Crippen molar-refractivity contribution in [2.45, 2.75) is 25.5 Å². The van der Waals surface area contributed by atoms with Crippen molar-refractivity contribution >= 4 is 16.6 Å². The second kappa shape index (κ2) is 5.77. The first-order chi connectivity index (χ1) is 9.85. The molecule has 0 amide bonds. The van der Waals surface area contributed by atoms with E-state index in [4.69, 9.17) is 4.74 Å². The van der Waals surface area contributed by atoms with Crippen LogP contribution in [-0.2, 0) is 11.3 Å². The van der Waals surface area contributed by atoms with Gasteiger partial charge in [0.1, 0.15) is 5.82 Å². The van der Waals surface area contributed by atoms with Crippen LogP contribution in [0.15, 0.2) is 30.5 Å². The Bertz CT molecular complexity index is 596. The highest BCUT2D eigenvalue weighted by atomic mass is 16.5. The lowest BCUT2D eigenvalue weighted by Crippen LogP contribution is -2.30. The number of rotatable bonds is 6. The minimum Gasteiger partial charge on any atom is -0.392 e. The van der Waals surface area contributed by atoms with Crippen molar-refractivity contribution in [2.75, 3.05) is 25.2 Å². The zero-order chi connectivity index (χ0) is 13.9. The van der Waals surface area contributed by atoms with E-state index in [1.165, 1.54) is 12.8 Å². The number of methoxy groups -OCH3 is 1. The molecule has 2 aromatic rings. The van der Waals surface area contributed by atoms with Gasteiger partial charge in [0, 0.05) is 36.8 Å². The second-order valence-electron chi connectivity index (χ2n) is 5.23. The van der Waals surface area contributed by atoms with E-state index in [1.54, 1.807) is 13.3 Å². The van der Waals surface area contributed by atoms with Gasteiger partial charge in [-0.25, -0.2) is 4.98 Å². The molecule has 0 bridgehead atoms. The number of nitrogens with zero attached hydrogens (tertiary/aromatic N) is 2. The summed E-state index contributed by atoms with van der Waals surface area (Å²) in [6, 6.07) is 8.74. The van der Waals surface area contributed by atoms with Crippen LogP contribution < -0.4 is 4.90 Å². The van der Waals surface area contributed by atoms with E-state index in [9.17, 15) is 5.11 Å². The number of aliphatic hydroxyl groups excluding tert-OH is 1. The highest BCUT2D eigenvalue weighted by Crippen LogP contribution is 2.35. The van der Waals surface area contributed by atoms with Gasteiger partial charge in [0.15, 0.2) is 0 Å². The molecule has 4 heteroatoms. The summed E-state index contributed by atoms with van der Waals surface area (Å²) in [6.07, 6.45) is 4.24. The topological polar surface area (TPSA) is 45.6 Å². The first-order valence-electron chi connectivity index (χ1n) is 7.08. The fraction of sp³-hybridized carbons (Fsp3) is 0.438. The molecular formula is C16H20N2O2. The van der Waals surface area contributed by atoms with E-state index >= 15 is 0 Å². The van der Waals surface area contributed by atoms with Crippen molar-refractivity contribution in [1.29, 1.82) is 0 Å². The summed E-state index contributed by atoms with van der Waals surface area (Å²) in [5, 5.41) is 11.7. The Hall–Kier alpha value is -1.65. The maximum absolute atomic E-state index is 9.45. The van der Waals surface area contributed by atoms with E-state index in [2.05, 4.69) is 16.0 Å². The molecule has 20 heavy (non-hydrogen) atoms. The maximum atomic E-state index is 9.45. The van der Waals surface area contributed by atoms with Gasteiger partial charge in [-0.05, 0) is 18.2 Å². The van der Waals surface area contributed by atoms with E-state index < -0.39 is 0 Å². The molecule has 1 aromatic carbocycles. The van der Waals surface area contributed by atoms with Crippen molar-refractivity contribution < 1.29 is 9.84 Å². The van der Waals surface area contributed by atoms with Crippen LogP contribution in [-0.4, -0.2) is 36.4 Å². The maximum Gasteiger partial charge on any atom is 0.136 e. The SMILES string of the molecule is COCCN(c1ncc(CO)c2ccccc12)C1CC1. The Kier molecular flexibility index (Phi) is 3.85. The van der Waals surface area contributed by atoms with Crippen LogP contribution in [0.1, 0.15) is 18.4 Å². The highest BCUT2D eigenvalue weighted by molar-refractivity contribution is 5.94. The molecule has 1 aromatic heterocycles. The molecule has 0 spiro atoms. The molecule has 0 aliphatic heterocycles. The summed E-state index contributed by atoms with van der Waals surface area (Å²) in [4.78, 5) is 6.94. The zero-order valence-corrected chi connectivity index (χ0v) is 11.7. The third-order valence-corrected chi connectivity index (χ3v) is 3.82. The quantitative estimate of drug-likeness (QED) is 0.876. The summed E-state index contributed by atoms with van der Waals surface area (Å²) in [7, 11) is 1.73. The van der Waals surface area contributed by atoms with E-state index in [0.717, 1.165) is 28.7 Å². The predicted molar refractivity (Wildman–Crippen MR) is 79.9 cm³/mol. The van der Waals surface area contributed by atoms with E-state index in [0.29, 0.717) is 12.6 Å². The lowest BCUT2D eigenvalue weighted by atomic mass is 10.1. The van der Waals surface area contributed by atoms with Crippen molar-refractivity contribution in [3.05, 3.63) is 36.0 Å². The van der Waals surface area contributed by atoms with Gasteiger partial charge in [0.05, 0.1) is 13.2 Å². The van der Waals surface area contributed by atoms with Crippen LogP contribution >= 0.6 is 0 Å². The molecule has 1 fully saturated rings. The van der Waals surface area contributed by atoms with Crippen LogP contribution in [0.4, 0.5) is 5.82 Å². The summed E-state index contributed by atoms with van der Waals surface area (Å²) in [5.74, 6) is 1.01. The summed E-state index contributed by atoms with van der Waals surface area (Å²) < 4.78 is 5.22. The molecule has 0 atom stereocenters. The van der Waals surface area contributed by atoms with Crippen molar-refractivity contribution in [3.63, 3.8) is 0 Å². The number of aromatic nitrogens is 1. The zero-order valence-electron chi connectivity index (χ0n) is 11.7. The number of ether oxygens (including phenoxy) is 1. The molecule has 3 rings (SSSR count). The molecule has 1 aliphatic rings. The summed E-state index contributed by atoms with van der Waals surface area (Å²) >= 11 is 0. The number of fused-ring (bicyclic) bond motifs is 1. The normalized spacial score (nSPS) is 14.7. The average Bonchev–Trinajstić information content (AvgIpc) is 3.32. The number of benzene rings is 1. The number of hydrogen-bond acceptors (Lipinski definition) is 4. The van der Waals surface area contributed by atoms with Gasteiger partial charge in [-0.1, -0.05) is 24.3 Å². The van der Waals surface area contributed by atoms with Crippen molar-refractivity contribution in [1.82, 2.24) is 4.98 Å². The van der Waals surface area contributed by atoms with Crippen molar-refractivity contribution in [3.8, 4) is 0 Å². The Balaban J connectivity index is 2.05. The fourth-order valence-electron chi connectivity index (χ4n) is 2.63. The molecule has 1 heterocycles. The van der Waals surface area contributed by atoms with Gasteiger partial charge in [0.2, 0.25) is 0 Å². The second-order valence-corrected chi connectivity index (χ2v) is 5.23. The lowest BCUT2D eigenvalue weighted by Gasteiger charge is -2.25. The smallest absolute Gasteiger partial charge is 0.136 e. The van der Waals surface area contributed by atoms with Gasteiger partial charge in [-0.2, -0.15) is 0 Å². The highest BCUT2D eigenvalue weighted by Gasteiger charge is 2.30. The van der Waals surface area contributed by atoms with Gasteiger partial charge in [-0.15, -0.1) is 0 Å². The Morgan fingerprint density at radius 3 is 2.70 bits per heavy atom. The standard InChI is InChI=1S/C16H20N2O2/c1-20-9-8-18(13-6-7-13)16-15-5-3-2-4-14(15)12(11-19)10-17-16/h2-5,10,13,19H,6-9,11H2,1H3. The van der Waals surface area contributed by atoms with Crippen molar-refractivity contribution in [2.24, 2.45) is 0 Å². The number of aliphatic hydroxyl groups is 1. The van der Waals surface area contributed by atoms with Gasteiger partial charge < -0.3 is 14.7 Å². The molecule has 0 unspecified atom stereocenters. The third-order valence-electron chi connectivity index (χ3n) is 3.82. The molecule has 1 N–H and O–H groups in total. The van der Waals surface area contributed by atoms with Crippen LogP contribution in [0.5, 0.6) is 0 Å². The number of hydrogen-bond donors (Lipinski definition) is 1. The van der Waals surface area contributed by atoms with E-state index in [-0.39, 0.29) is 6.61 Å². The first-order valence-corrected chi connectivity index (χ1v) is 7.08. The molecule has 4 nitrogen and oxygen atoms in total. The van der Waals surface area contributed by atoms with Crippen LogP contribution in [0.3, 0.4) is 0 Å². The molecule has 0 radical (unpaired) electrons. The van der Waals surface area contributed by atoms with E-state index in [1.807, 2.05) is 18.2 Å². The summed E-state index contributed by atoms with van der Waals surface area (Å²) in [6.45, 7) is 1.58. The molecule has 0 saturated heterocycles. The molecule has 1 saturated carbocycles. The Morgan fingerprint density at radius 2 is 2.05 bits per heavy atom. The molecule has 1 aliphatic carbocycles. The summed E-state index contributed by atoms with van der Waals surface area (Å²) in [5.41, 5.74) is 0.881. The fourth-order valence-corrected chi connectivity index (χ4v) is 2.63. The Morgan fingerprint density at radius 1 is 1.30 bits per heavy atom. The van der Waals surface area contributed by atoms with Gasteiger partial charge >= 0.3 is 0 Å². The minimum atomic E-state index is 0.0231. The minimum absolute atomic E-state index is 0.0231. The lowest BCUT2D eigenvalue weighted by molar-refractivity contribution is 0.205.